The maximum atomic E-state index is 12.7. The third-order valence-electron chi connectivity index (χ3n) is 5.16. The van der Waals surface area contributed by atoms with Crippen LogP contribution in [-0.2, 0) is 9.59 Å². The van der Waals surface area contributed by atoms with Crippen LogP contribution in [0.2, 0.25) is 10.0 Å². The lowest BCUT2D eigenvalue weighted by atomic mass is 10.1. The zero-order chi connectivity index (χ0) is 27.7. The van der Waals surface area contributed by atoms with Gasteiger partial charge in [0.25, 0.3) is 11.8 Å². The first-order valence-corrected chi connectivity index (χ1v) is 12.2. The lowest BCUT2D eigenvalue weighted by Crippen LogP contribution is -2.20. The summed E-state index contributed by atoms with van der Waals surface area (Å²) < 4.78 is 16.4. The van der Waals surface area contributed by atoms with Gasteiger partial charge in [-0.3, -0.25) is 9.59 Å². The fourth-order valence-electron chi connectivity index (χ4n) is 3.27. The molecule has 0 fully saturated rings. The first-order valence-electron chi connectivity index (χ1n) is 11.5. The molecule has 0 spiro atoms. The van der Waals surface area contributed by atoms with E-state index in [1.807, 2.05) is 13.0 Å². The zero-order valence-electron chi connectivity index (χ0n) is 20.9. The van der Waals surface area contributed by atoms with Crippen molar-refractivity contribution < 1.29 is 23.8 Å². The van der Waals surface area contributed by atoms with E-state index < -0.39 is 11.8 Å². The number of nitrogens with one attached hydrogen (secondary N) is 2. The molecule has 0 aliphatic heterocycles. The number of methoxy groups -OCH3 is 1. The molecule has 8 nitrogen and oxygen atoms in total. The fourth-order valence-corrected chi connectivity index (χ4v) is 3.72. The Kier molecular flexibility index (Phi) is 9.99. The van der Waals surface area contributed by atoms with Gasteiger partial charge in [-0.15, -0.1) is 0 Å². The van der Waals surface area contributed by atoms with Gasteiger partial charge in [0.1, 0.15) is 17.4 Å². The molecule has 2 amide bonds. The standard InChI is InChI=1S/C28H25Cl2N3O5/c1-4-37-25-13-18(11-19(15-31)28(35)33-20-7-9-22(36-3)10-8-20)12-24(30)27(25)38-16-26(34)32-21-6-5-17(2)23(29)14-21/h5-14H,4,16H2,1-3H3,(H,32,34)(H,33,35)/b19-11-. The van der Waals surface area contributed by atoms with Crippen LogP contribution in [0.5, 0.6) is 17.2 Å². The van der Waals surface area contributed by atoms with Crippen molar-refractivity contribution in [2.24, 2.45) is 0 Å². The number of nitrogens with zero attached hydrogens (tertiary/aromatic N) is 1. The molecule has 0 aliphatic carbocycles. The summed E-state index contributed by atoms with van der Waals surface area (Å²) in [5.74, 6) is 0.0278. The van der Waals surface area contributed by atoms with Gasteiger partial charge in [-0.2, -0.15) is 5.26 Å². The van der Waals surface area contributed by atoms with Crippen molar-refractivity contribution in [1.29, 1.82) is 5.26 Å². The summed E-state index contributed by atoms with van der Waals surface area (Å²) in [6.45, 7) is 3.59. The minimum absolute atomic E-state index is 0.140. The van der Waals surface area contributed by atoms with Crippen LogP contribution >= 0.6 is 23.2 Å². The van der Waals surface area contributed by atoms with Gasteiger partial charge in [-0.25, -0.2) is 0 Å². The topological polar surface area (TPSA) is 110 Å². The minimum atomic E-state index is -0.597. The number of benzene rings is 3. The van der Waals surface area contributed by atoms with E-state index in [9.17, 15) is 14.9 Å². The second-order valence-corrected chi connectivity index (χ2v) is 8.73. The number of rotatable bonds is 10. The molecule has 3 rings (SSSR count). The van der Waals surface area contributed by atoms with Gasteiger partial charge in [0.2, 0.25) is 0 Å². The molecule has 0 aromatic heterocycles. The second-order valence-electron chi connectivity index (χ2n) is 7.92. The van der Waals surface area contributed by atoms with E-state index in [0.29, 0.717) is 27.7 Å². The van der Waals surface area contributed by atoms with Gasteiger partial charge in [0.05, 0.1) is 18.7 Å². The number of carbonyl (C=O) groups excluding carboxylic acids is 2. The predicted molar refractivity (Wildman–Crippen MR) is 148 cm³/mol. The van der Waals surface area contributed by atoms with E-state index in [-0.39, 0.29) is 35.3 Å². The van der Waals surface area contributed by atoms with Crippen molar-refractivity contribution in [3.63, 3.8) is 0 Å². The van der Waals surface area contributed by atoms with Crippen LogP contribution in [0, 0.1) is 18.3 Å². The average Bonchev–Trinajstić information content (AvgIpc) is 2.89. The summed E-state index contributed by atoms with van der Waals surface area (Å²) in [4.78, 5) is 25.1. The average molecular weight is 554 g/mol. The van der Waals surface area contributed by atoms with Crippen molar-refractivity contribution in [1.82, 2.24) is 0 Å². The quantitative estimate of drug-likeness (QED) is 0.226. The number of nitriles is 1. The van der Waals surface area contributed by atoms with Crippen molar-refractivity contribution >= 4 is 52.5 Å². The van der Waals surface area contributed by atoms with Crippen LogP contribution in [0.4, 0.5) is 11.4 Å². The lowest BCUT2D eigenvalue weighted by Gasteiger charge is -2.15. The molecule has 0 unspecified atom stereocenters. The van der Waals surface area contributed by atoms with Crippen LogP contribution in [0.1, 0.15) is 18.1 Å². The van der Waals surface area contributed by atoms with Crippen LogP contribution in [0.3, 0.4) is 0 Å². The molecular formula is C28H25Cl2N3O5. The number of hydrogen-bond donors (Lipinski definition) is 2. The van der Waals surface area contributed by atoms with Crippen molar-refractivity contribution in [2.45, 2.75) is 13.8 Å². The number of ether oxygens (including phenoxy) is 3. The summed E-state index contributed by atoms with van der Waals surface area (Å²) >= 11 is 12.5. The van der Waals surface area contributed by atoms with E-state index in [1.54, 1.807) is 62.6 Å². The smallest absolute Gasteiger partial charge is 0.266 e. The minimum Gasteiger partial charge on any atom is -0.497 e. The summed E-state index contributed by atoms with van der Waals surface area (Å²) in [6, 6.07) is 16.8. The third kappa shape index (κ3) is 7.65. The number of anilines is 2. The number of halogens is 2. The monoisotopic (exact) mass is 553 g/mol. The maximum Gasteiger partial charge on any atom is 0.266 e. The SMILES string of the molecule is CCOc1cc(/C=C(/C#N)C(=O)Nc2ccc(OC)cc2)cc(Cl)c1OCC(=O)Nc1ccc(C)c(Cl)c1. The molecule has 3 aromatic rings. The van der Waals surface area contributed by atoms with Crippen molar-refractivity contribution in [2.75, 3.05) is 31.0 Å². The summed E-state index contributed by atoms with van der Waals surface area (Å²) in [5.41, 5.74) is 2.21. The van der Waals surface area contributed by atoms with Crippen molar-refractivity contribution in [3.8, 4) is 23.3 Å². The Morgan fingerprint density at radius 1 is 0.974 bits per heavy atom. The number of carbonyl (C=O) groups is 2. The van der Waals surface area contributed by atoms with Crippen LogP contribution < -0.4 is 24.8 Å². The van der Waals surface area contributed by atoms with Crippen LogP contribution in [-0.4, -0.2) is 32.1 Å². The Balaban J connectivity index is 1.75. The van der Waals surface area contributed by atoms with Gasteiger partial charge < -0.3 is 24.8 Å². The molecule has 0 heterocycles. The molecule has 0 aliphatic rings. The number of amides is 2. The lowest BCUT2D eigenvalue weighted by molar-refractivity contribution is -0.118. The summed E-state index contributed by atoms with van der Waals surface area (Å²) in [7, 11) is 1.54. The van der Waals surface area contributed by atoms with Gasteiger partial charge in [0, 0.05) is 16.4 Å². The number of hydrogen-bond acceptors (Lipinski definition) is 6. The highest BCUT2D eigenvalue weighted by molar-refractivity contribution is 6.32. The Bertz CT molecular complexity index is 1400. The Labute approximate surface area is 230 Å². The van der Waals surface area contributed by atoms with Crippen LogP contribution in [0.25, 0.3) is 6.08 Å². The third-order valence-corrected chi connectivity index (χ3v) is 5.85. The first-order chi connectivity index (χ1) is 18.2. The molecule has 0 saturated carbocycles. The molecular weight excluding hydrogens is 529 g/mol. The largest absolute Gasteiger partial charge is 0.497 e. The predicted octanol–water partition coefficient (Wildman–Crippen LogP) is 6.27. The molecule has 0 radical (unpaired) electrons. The molecule has 38 heavy (non-hydrogen) atoms. The normalized spacial score (nSPS) is 10.8. The Hall–Kier alpha value is -4.19. The zero-order valence-corrected chi connectivity index (χ0v) is 22.4. The molecule has 3 aromatic carbocycles. The van der Waals surface area contributed by atoms with Crippen molar-refractivity contribution in [3.05, 3.63) is 81.3 Å². The van der Waals surface area contributed by atoms with Gasteiger partial charge in [-0.1, -0.05) is 29.3 Å². The fraction of sp³-hybridized carbons (Fsp3) is 0.179. The van der Waals surface area contributed by atoms with Gasteiger partial charge >= 0.3 is 0 Å². The molecule has 0 saturated heterocycles. The summed E-state index contributed by atoms with van der Waals surface area (Å²) in [5, 5.41) is 15.6. The van der Waals surface area contributed by atoms with E-state index >= 15 is 0 Å². The number of aryl methyl sites for hydroxylation is 1. The maximum absolute atomic E-state index is 12.7. The molecule has 2 N–H and O–H groups in total. The first kappa shape index (κ1) is 28.4. The highest BCUT2D eigenvalue weighted by atomic mass is 35.5. The summed E-state index contributed by atoms with van der Waals surface area (Å²) in [6.07, 6.45) is 1.38. The molecule has 0 bridgehead atoms. The van der Waals surface area contributed by atoms with E-state index in [2.05, 4.69) is 10.6 Å². The van der Waals surface area contributed by atoms with Gasteiger partial charge in [-0.05, 0) is 79.6 Å². The second kappa shape index (κ2) is 13.4. The van der Waals surface area contributed by atoms with Gasteiger partial charge in [0.15, 0.2) is 18.1 Å². The highest BCUT2D eigenvalue weighted by Gasteiger charge is 2.16. The van der Waals surface area contributed by atoms with Crippen LogP contribution in [0.15, 0.2) is 60.2 Å². The van der Waals surface area contributed by atoms with E-state index in [1.165, 1.54) is 12.1 Å². The Morgan fingerprint density at radius 2 is 1.68 bits per heavy atom. The van der Waals surface area contributed by atoms with E-state index in [0.717, 1.165) is 5.56 Å². The molecule has 196 valence electrons. The molecule has 10 heteroatoms. The Morgan fingerprint density at radius 3 is 2.32 bits per heavy atom. The highest BCUT2D eigenvalue weighted by Crippen LogP contribution is 2.37. The van der Waals surface area contributed by atoms with E-state index in [4.69, 9.17) is 37.4 Å². The molecule has 0 atom stereocenters.